The van der Waals surface area contributed by atoms with Crippen LogP contribution < -0.4 is 5.32 Å². The molecule has 0 radical (unpaired) electrons. The molecule has 1 unspecified atom stereocenters. The Balaban J connectivity index is 1.98. The molecule has 112 valence electrons. The van der Waals surface area contributed by atoms with Gasteiger partial charge in [0, 0.05) is 26.7 Å². The van der Waals surface area contributed by atoms with Gasteiger partial charge >= 0.3 is 0 Å². The molecule has 1 atom stereocenters. The van der Waals surface area contributed by atoms with Crippen molar-refractivity contribution >= 4 is 5.91 Å². The highest BCUT2D eigenvalue weighted by atomic mass is 16.3. The number of nitrogens with one attached hydrogen (secondary N) is 1. The van der Waals surface area contributed by atoms with E-state index in [1.807, 2.05) is 11.6 Å². The molecule has 1 amide bonds. The van der Waals surface area contributed by atoms with E-state index in [0.717, 1.165) is 25.2 Å². The molecule has 20 heavy (non-hydrogen) atoms. The summed E-state index contributed by atoms with van der Waals surface area (Å²) in [5.41, 5.74) is 0.111. The maximum absolute atomic E-state index is 11.5. The van der Waals surface area contributed by atoms with Crippen LogP contribution in [0.5, 0.6) is 0 Å². The van der Waals surface area contributed by atoms with E-state index in [9.17, 15) is 9.90 Å². The SMILES string of the molecule is CCn1nncc1CN1CCCC(O)(CC(=O)NC)C1. The number of carbonyl (C=O) groups is 1. The fraction of sp³-hybridized carbons (Fsp3) is 0.769. The van der Waals surface area contributed by atoms with E-state index in [0.29, 0.717) is 19.5 Å². The molecule has 1 aliphatic rings. The highest BCUT2D eigenvalue weighted by molar-refractivity contribution is 5.76. The lowest BCUT2D eigenvalue weighted by Gasteiger charge is -2.38. The molecule has 7 heteroatoms. The van der Waals surface area contributed by atoms with E-state index in [2.05, 4.69) is 20.5 Å². The zero-order chi connectivity index (χ0) is 14.6. The number of amides is 1. The van der Waals surface area contributed by atoms with Gasteiger partial charge in [-0.05, 0) is 26.3 Å². The number of piperidine rings is 1. The predicted molar refractivity (Wildman–Crippen MR) is 73.8 cm³/mol. The predicted octanol–water partition coefficient (Wildman–Crippen LogP) is -0.239. The van der Waals surface area contributed by atoms with Crippen LogP contribution in [0.15, 0.2) is 6.20 Å². The average Bonchev–Trinajstić information content (AvgIpc) is 2.85. The van der Waals surface area contributed by atoms with E-state index in [-0.39, 0.29) is 12.3 Å². The smallest absolute Gasteiger partial charge is 0.222 e. The molecule has 1 aliphatic heterocycles. The fourth-order valence-corrected chi connectivity index (χ4v) is 2.77. The third-order valence-electron chi connectivity index (χ3n) is 3.79. The van der Waals surface area contributed by atoms with Gasteiger partial charge in [-0.25, -0.2) is 4.68 Å². The first-order valence-electron chi connectivity index (χ1n) is 7.09. The van der Waals surface area contributed by atoms with Crippen LogP contribution in [-0.4, -0.2) is 56.6 Å². The number of carbonyl (C=O) groups excluding carboxylic acids is 1. The van der Waals surface area contributed by atoms with Crippen LogP contribution in [0.3, 0.4) is 0 Å². The quantitative estimate of drug-likeness (QED) is 0.778. The number of aliphatic hydroxyl groups is 1. The molecule has 1 aromatic rings. The van der Waals surface area contributed by atoms with Gasteiger partial charge in [0.05, 0.1) is 23.9 Å². The number of hydrogen-bond acceptors (Lipinski definition) is 5. The summed E-state index contributed by atoms with van der Waals surface area (Å²) in [6.07, 6.45) is 3.48. The number of β-amino-alcohol motifs (C(OH)–C–C–N with tert-alkyl or cyclic N) is 1. The van der Waals surface area contributed by atoms with Gasteiger partial charge in [-0.3, -0.25) is 9.69 Å². The topological polar surface area (TPSA) is 83.3 Å². The van der Waals surface area contributed by atoms with Crippen molar-refractivity contribution in [1.29, 1.82) is 0 Å². The Labute approximate surface area is 119 Å². The molecule has 2 heterocycles. The van der Waals surface area contributed by atoms with Crippen LogP contribution in [-0.2, 0) is 17.9 Å². The van der Waals surface area contributed by atoms with Crippen LogP contribution in [0.2, 0.25) is 0 Å². The summed E-state index contributed by atoms with van der Waals surface area (Å²) in [7, 11) is 1.60. The molecule has 0 spiro atoms. The van der Waals surface area contributed by atoms with Gasteiger partial charge in [0.25, 0.3) is 0 Å². The van der Waals surface area contributed by atoms with E-state index in [4.69, 9.17) is 0 Å². The second-order valence-corrected chi connectivity index (χ2v) is 5.43. The van der Waals surface area contributed by atoms with Crippen LogP contribution in [0, 0.1) is 0 Å². The molecule has 0 aromatic carbocycles. The molecular formula is C13H23N5O2. The second-order valence-electron chi connectivity index (χ2n) is 5.43. The van der Waals surface area contributed by atoms with Crippen LogP contribution in [0.4, 0.5) is 0 Å². The number of likely N-dealkylation sites (tertiary alicyclic amines) is 1. The number of aromatic nitrogens is 3. The summed E-state index contributed by atoms with van der Waals surface area (Å²) in [6.45, 7) is 4.94. The lowest BCUT2D eigenvalue weighted by atomic mass is 9.89. The Morgan fingerprint density at radius 3 is 3.10 bits per heavy atom. The molecule has 0 bridgehead atoms. The first-order valence-corrected chi connectivity index (χ1v) is 7.09. The van der Waals surface area contributed by atoms with Gasteiger partial charge in [-0.2, -0.15) is 0 Å². The molecule has 2 rings (SSSR count). The van der Waals surface area contributed by atoms with Crippen LogP contribution in [0.1, 0.15) is 31.9 Å². The molecule has 0 aliphatic carbocycles. The zero-order valence-electron chi connectivity index (χ0n) is 12.2. The number of nitrogens with zero attached hydrogens (tertiary/aromatic N) is 4. The van der Waals surface area contributed by atoms with Gasteiger partial charge in [-0.1, -0.05) is 5.21 Å². The fourth-order valence-electron chi connectivity index (χ4n) is 2.77. The third-order valence-corrected chi connectivity index (χ3v) is 3.79. The van der Waals surface area contributed by atoms with Crippen molar-refractivity contribution in [3.05, 3.63) is 11.9 Å². The number of aryl methyl sites for hydroxylation is 1. The molecule has 1 fully saturated rings. The van der Waals surface area contributed by atoms with E-state index >= 15 is 0 Å². The van der Waals surface area contributed by atoms with Crippen LogP contribution >= 0.6 is 0 Å². The third kappa shape index (κ3) is 3.55. The van der Waals surface area contributed by atoms with Crippen molar-refractivity contribution in [3.8, 4) is 0 Å². The van der Waals surface area contributed by atoms with Gasteiger partial charge in [-0.15, -0.1) is 5.10 Å². The summed E-state index contributed by atoms with van der Waals surface area (Å²) in [5.74, 6) is -0.116. The van der Waals surface area contributed by atoms with Crippen LogP contribution in [0.25, 0.3) is 0 Å². The van der Waals surface area contributed by atoms with Crippen molar-refractivity contribution in [2.45, 2.75) is 44.9 Å². The Morgan fingerprint density at radius 1 is 1.60 bits per heavy atom. The minimum Gasteiger partial charge on any atom is -0.388 e. The molecular weight excluding hydrogens is 258 g/mol. The van der Waals surface area contributed by atoms with Crippen molar-refractivity contribution in [2.75, 3.05) is 20.1 Å². The normalized spacial score (nSPS) is 23.8. The standard InChI is InChI=1S/C13H23N5O2/c1-3-18-11(8-15-16-18)9-17-6-4-5-13(20,10-17)7-12(19)14-2/h8,20H,3-7,9-10H2,1-2H3,(H,14,19). The summed E-state index contributed by atoms with van der Waals surface area (Å²) < 4.78 is 1.85. The summed E-state index contributed by atoms with van der Waals surface area (Å²) >= 11 is 0. The minimum atomic E-state index is -0.928. The lowest BCUT2D eigenvalue weighted by Crippen LogP contribution is -2.50. The largest absolute Gasteiger partial charge is 0.388 e. The summed E-state index contributed by atoms with van der Waals surface area (Å²) in [4.78, 5) is 13.7. The maximum Gasteiger partial charge on any atom is 0.222 e. The summed E-state index contributed by atoms with van der Waals surface area (Å²) in [5, 5.41) is 21.1. The van der Waals surface area contributed by atoms with Gasteiger partial charge < -0.3 is 10.4 Å². The first-order chi connectivity index (χ1) is 9.56. The Kier molecular flexibility index (Phi) is 4.72. The monoisotopic (exact) mass is 281 g/mol. The average molecular weight is 281 g/mol. The minimum absolute atomic E-state index is 0.116. The number of hydrogen-bond donors (Lipinski definition) is 2. The highest BCUT2D eigenvalue weighted by Gasteiger charge is 2.35. The molecule has 7 nitrogen and oxygen atoms in total. The van der Waals surface area contributed by atoms with E-state index in [1.54, 1.807) is 13.2 Å². The first kappa shape index (κ1) is 14.9. The highest BCUT2D eigenvalue weighted by Crippen LogP contribution is 2.25. The van der Waals surface area contributed by atoms with Gasteiger partial charge in [0.1, 0.15) is 0 Å². The van der Waals surface area contributed by atoms with Gasteiger partial charge in [0.15, 0.2) is 0 Å². The van der Waals surface area contributed by atoms with Crippen molar-refractivity contribution < 1.29 is 9.90 Å². The Hall–Kier alpha value is -1.47. The Morgan fingerprint density at radius 2 is 2.40 bits per heavy atom. The molecule has 2 N–H and O–H groups in total. The molecule has 1 aromatic heterocycles. The summed E-state index contributed by atoms with van der Waals surface area (Å²) in [6, 6.07) is 0. The second kappa shape index (κ2) is 6.32. The number of rotatable bonds is 5. The lowest BCUT2D eigenvalue weighted by molar-refractivity contribution is -0.128. The van der Waals surface area contributed by atoms with Gasteiger partial charge in [0.2, 0.25) is 5.91 Å². The molecule has 0 saturated carbocycles. The van der Waals surface area contributed by atoms with Crippen molar-refractivity contribution in [3.63, 3.8) is 0 Å². The zero-order valence-corrected chi connectivity index (χ0v) is 12.2. The maximum atomic E-state index is 11.5. The van der Waals surface area contributed by atoms with Crippen molar-refractivity contribution in [1.82, 2.24) is 25.2 Å². The van der Waals surface area contributed by atoms with E-state index in [1.165, 1.54) is 0 Å². The van der Waals surface area contributed by atoms with Crippen molar-refractivity contribution in [2.24, 2.45) is 0 Å². The van der Waals surface area contributed by atoms with E-state index < -0.39 is 5.60 Å². The Bertz CT molecular complexity index is 461. The molecule has 1 saturated heterocycles.